The Morgan fingerprint density at radius 2 is 0.939 bits per heavy atom. The van der Waals surface area contributed by atoms with Gasteiger partial charge in [0.1, 0.15) is 11.6 Å². The molecule has 0 heterocycles. The molecule has 0 saturated carbocycles. The fourth-order valence-corrected chi connectivity index (χ4v) is 3.50. The highest BCUT2D eigenvalue weighted by Crippen LogP contribution is 2.46. The molecule has 4 aromatic carbocycles. The topological polar surface area (TPSA) is 95.5 Å². The number of hydrogen-bond acceptors (Lipinski definition) is 5. The molecule has 0 bridgehead atoms. The average molecular weight is 448 g/mol. The Morgan fingerprint density at radius 3 is 1.27 bits per heavy atom. The third-order valence-corrected chi connectivity index (χ3v) is 4.89. The molecule has 0 amide bonds. The zero-order valence-corrected chi connectivity index (χ0v) is 16.8. The summed E-state index contributed by atoms with van der Waals surface area (Å²) in [6.07, 6.45) is 0. The van der Waals surface area contributed by atoms with E-state index in [9.17, 15) is 29.0 Å². The van der Waals surface area contributed by atoms with Crippen LogP contribution >= 0.6 is 0 Å². The Bertz CT molecular complexity index is 1260. The number of nitrogens with zero attached hydrogens (tertiary/aromatic N) is 2. The van der Waals surface area contributed by atoms with Crippen LogP contribution in [0.4, 0.5) is 20.2 Å². The largest absolute Gasteiger partial charge is 0.443 e. The van der Waals surface area contributed by atoms with Crippen LogP contribution in [0.1, 0.15) is 0 Å². The number of nitro benzene ring substituents is 2. The van der Waals surface area contributed by atoms with Crippen LogP contribution in [-0.2, 0) is 0 Å². The third kappa shape index (κ3) is 4.11. The van der Waals surface area contributed by atoms with Crippen LogP contribution in [0.3, 0.4) is 0 Å². The molecule has 0 aliphatic carbocycles. The van der Waals surface area contributed by atoms with Crippen molar-refractivity contribution in [2.45, 2.75) is 0 Å². The maximum Gasteiger partial charge on any atom is 0.322 e. The van der Waals surface area contributed by atoms with E-state index in [4.69, 9.17) is 4.74 Å². The second kappa shape index (κ2) is 8.83. The van der Waals surface area contributed by atoms with Crippen molar-refractivity contribution in [3.05, 3.63) is 117 Å². The predicted molar refractivity (Wildman–Crippen MR) is 117 cm³/mol. The molecule has 0 aliphatic heterocycles. The molecule has 0 unspecified atom stereocenters. The van der Waals surface area contributed by atoms with E-state index in [0.29, 0.717) is 0 Å². The van der Waals surface area contributed by atoms with E-state index in [-0.39, 0.29) is 22.3 Å². The number of ether oxygens (including phenoxy) is 1. The highest BCUT2D eigenvalue weighted by Gasteiger charge is 2.31. The first kappa shape index (κ1) is 21.6. The first-order valence-electron chi connectivity index (χ1n) is 9.61. The van der Waals surface area contributed by atoms with Crippen LogP contribution in [0.15, 0.2) is 84.9 Å². The lowest BCUT2D eigenvalue weighted by Gasteiger charge is -2.13. The van der Waals surface area contributed by atoms with Gasteiger partial charge in [-0.05, 0) is 35.4 Å². The third-order valence-electron chi connectivity index (χ3n) is 4.89. The molecule has 0 radical (unpaired) electrons. The second-order valence-electron chi connectivity index (χ2n) is 6.89. The van der Waals surface area contributed by atoms with Gasteiger partial charge in [-0.25, -0.2) is 8.78 Å². The summed E-state index contributed by atoms with van der Waals surface area (Å²) in [5.74, 6) is -2.57. The molecule has 9 heteroatoms. The smallest absolute Gasteiger partial charge is 0.322 e. The maximum atomic E-state index is 14.6. The quantitative estimate of drug-likeness (QED) is 0.236. The Labute approximate surface area is 185 Å². The van der Waals surface area contributed by atoms with E-state index in [1.54, 1.807) is 36.4 Å². The zero-order valence-electron chi connectivity index (χ0n) is 16.8. The first-order chi connectivity index (χ1) is 15.9. The number of nitro groups is 2. The molecule has 0 aliphatic rings. The molecule has 33 heavy (non-hydrogen) atoms. The summed E-state index contributed by atoms with van der Waals surface area (Å²) in [5, 5.41) is 23.8. The van der Waals surface area contributed by atoms with Crippen molar-refractivity contribution in [2.24, 2.45) is 0 Å². The summed E-state index contributed by atoms with van der Waals surface area (Å²) in [6.45, 7) is 0. The molecule has 4 aromatic rings. The van der Waals surface area contributed by atoms with Crippen molar-refractivity contribution in [3.63, 3.8) is 0 Å². The van der Waals surface area contributed by atoms with Crippen molar-refractivity contribution >= 4 is 11.4 Å². The minimum Gasteiger partial charge on any atom is -0.443 e. The summed E-state index contributed by atoms with van der Waals surface area (Å²) in [5.41, 5.74) is -1.61. The van der Waals surface area contributed by atoms with Crippen molar-refractivity contribution < 1.29 is 23.4 Å². The van der Waals surface area contributed by atoms with Crippen LogP contribution in [0.25, 0.3) is 22.3 Å². The number of halogens is 2. The van der Waals surface area contributed by atoms with Crippen molar-refractivity contribution in [1.82, 2.24) is 0 Å². The van der Waals surface area contributed by atoms with E-state index >= 15 is 0 Å². The fourth-order valence-electron chi connectivity index (χ4n) is 3.50. The summed E-state index contributed by atoms with van der Waals surface area (Å²) in [7, 11) is 0. The number of hydrogen-bond donors (Lipinski definition) is 0. The van der Waals surface area contributed by atoms with Crippen LogP contribution in [0.2, 0.25) is 0 Å². The van der Waals surface area contributed by atoms with Gasteiger partial charge in [-0.3, -0.25) is 20.2 Å². The van der Waals surface area contributed by atoms with Gasteiger partial charge in [0.2, 0.25) is 11.5 Å². The molecule has 164 valence electrons. The van der Waals surface area contributed by atoms with Gasteiger partial charge >= 0.3 is 11.4 Å². The first-order valence-corrected chi connectivity index (χ1v) is 9.61. The van der Waals surface area contributed by atoms with Gasteiger partial charge < -0.3 is 4.74 Å². The van der Waals surface area contributed by atoms with Gasteiger partial charge in [-0.1, -0.05) is 60.7 Å². The Morgan fingerprint density at radius 1 is 0.576 bits per heavy atom. The van der Waals surface area contributed by atoms with Gasteiger partial charge in [-0.15, -0.1) is 0 Å². The molecule has 0 saturated heterocycles. The highest BCUT2D eigenvalue weighted by atomic mass is 19.1. The molecule has 0 spiro atoms. The summed E-state index contributed by atoms with van der Waals surface area (Å²) in [4.78, 5) is 22.1. The van der Waals surface area contributed by atoms with Crippen LogP contribution < -0.4 is 4.74 Å². The minimum atomic E-state index is -0.862. The van der Waals surface area contributed by atoms with E-state index in [1.807, 2.05) is 0 Å². The van der Waals surface area contributed by atoms with E-state index < -0.39 is 44.4 Å². The molecule has 4 rings (SSSR count). The van der Waals surface area contributed by atoms with E-state index in [2.05, 4.69) is 0 Å². The van der Waals surface area contributed by atoms with Crippen LogP contribution in [0.5, 0.6) is 11.5 Å². The number of rotatable bonds is 6. The monoisotopic (exact) mass is 448 g/mol. The SMILES string of the molecule is O=[N+]([O-])c1c(Oc2ccc(F)c(-c3ccccc3)c2[N+](=O)[O-])ccc(F)c1-c1ccccc1. The van der Waals surface area contributed by atoms with Crippen molar-refractivity contribution in [3.8, 4) is 33.8 Å². The minimum absolute atomic E-state index is 0.228. The van der Waals surface area contributed by atoms with Gasteiger partial charge in [0.25, 0.3) is 0 Å². The summed E-state index contributed by atoms with van der Waals surface area (Å²) in [6, 6.07) is 19.6. The zero-order chi connectivity index (χ0) is 23.5. The van der Waals surface area contributed by atoms with E-state index in [1.165, 1.54) is 24.3 Å². The summed E-state index contributed by atoms with van der Waals surface area (Å²) < 4.78 is 34.9. The second-order valence-corrected chi connectivity index (χ2v) is 6.89. The molecule has 0 fully saturated rings. The molecule has 0 N–H and O–H groups in total. The molecule has 0 atom stereocenters. The van der Waals surface area contributed by atoms with Crippen molar-refractivity contribution in [1.29, 1.82) is 0 Å². The highest BCUT2D eigenvalue weighted by molar-refractivity contribution is 5.80. The molecular formula is C24H14F2N2O5. The molecule has 0 aromatic heterocycles. The average Bonchev–Trinajstić information content (AvgIpc) is 2.81. The molecular weight excluding hydrogens is 434 g/mol. The lowest BCUT2D eigenvalue weighted by atomic mass is 10.0. The van der Waals surface area contributed by atoms with Gasteiger partial charge in [0, 0.05) is 0 Å². The Balaban J connectivity index is 1.92. The lowest BCUT2D eigenvalue weighted by Crippen LogP contribution is -2.02. The van der Waals surface area contributed by atoms with Crippen molar-refractivity contribution in [2.75, 3.05) is 0 Å². The Kier molecular flexibility index (Phi) is 5.77. The maximum absolute atomic E-state index is 14.6. The van der Waals surface area contributed by atoms with Crippen LogP contribution in [0, 0.1) is 31.9 Å². The standard InChI is InChI=1S/C24H14F2N2O5/c25-17-11-13-19(23(27(29)30)21(17)15-7-3-1-4-8-15)33-20-14-12-18(26)22(24(20)28(31)32)16-9-5-2-6-10-16/h1-14H. The van der Waals surface area contributed by atoms with Crippen LogP contribution in [-0.4, -0.2) is 9.85 Å². The van der Waals surface area contributed by atoms with Gasteiger partial charge in [0.05, 0.1) is 21.0 Å². The normalized spacial score (nSPS) is 10.6. The lowest BCUT2D eigenvalue weighted by molar-refractivity contribution is -0.386. The van der Waals surface area contributed by atoms with Gasteiger partial charge in [-0.2, -0.15) is 0 Å². The molecule has 7 nitrogen and oxygen atoms in total. The summed E-state index contributed by atoms with van der Waals surface area (Å²) >= 11 is 0. The van der Waals surface area contributed by atoms with Gasteiger partial charge in [0.15, 0.2) is 0 Å². The number of benzene rings is 4. The van der Waals surface area contributed by atoms with E-state index in [0.717, 1.165) is 24.3 Å². The fraction of sp³-hybridized carbons (Fsp3) is 0. The predicted octanol–water partition coefficient (Wildman–Crippen LogP) is 6.91. The Hall–Kier alpha value is -4.66.